The van der Waals surface area contributed by atoms with Gasteiger partial charge in [0.1, 0.15) is 13.1 Å². The van der Waals surface area contributed by atoms with Gasteiger partial charge in [0.2, 0.25) is 5.91 Å². The maximum atomic E-state index is 11.9. The van der Waals surface area contributed by atoms with Gasteiger partial charge in [0.25, 0.3) is 0 Å². The Hall–Kier alpha value is -2.12. The molecule has 1 fully saturated rings. The Bertz CT molecular complexity index is 715. The molecular formula is C16H22N3O4+. The maximum Gasteiger partial charge on any atom is 0.419 e. The van der Waals surface area contributed by atoms with Gasteiger partial charge < -0.3 is 19.4 Å². The number of ether oxygens (including phenoxy) is 1. The van der Waals surface area contributed by atoms with E-state index in [2.05, 4.69) is 5.32 Å². The zero-order valence-electron chi connectivity index (χ0n) is 13.0. The molecule has 2 heterocycles. The molecule has 0 saturated carbocycles. The predicted molar refractivity (Wildman–Crippen MR) is 84.5 cm³/mol. The van der Waals surface area contributed by atoms with E-state index in [0.717, 1.165) is 38.4 Å². The number of fused-ring (bicyclic) bond motifs is 1. The second kappa shape index (κ2) is 7.43. The SMILES string of the molecule is O=C(CCn1c(=O)oc2ccccc21)NCC[NH+]1CCOCC1. The summed E-state index contributed by atoms with van der Waals surface area (Å²) in [6.07, 6.45) is 0.266. The summed E-state index contributed by atoms with van der Waals surface area (Å²) in [7, 11) is 0. The number of nitrogens with zero attached hydrogens (tertiary/aromatic N) is 1. The molecule has 3 rings (SSSR count). The van der Waals surface area contributed by atoms with Crippen molar-refractivity contribution in [2.75, 3.05) is 39.4 Å². The molecule has 124 valence electrons. The molecule has 2 aromatic rings. The predicted octanol–water partition coefficient (Wildman–Crippen LogP) is -0.984. The van der Waals surface area contributed by atoms with Crippen LogP contribution in [0.15, 0.2) is 33.5 Å². The smallest absolute Gasteiger partial charge is 0.408 e. The van der Waals surface area contributed by atoms with E-state index >= 15 is 0 Å². The molecule has 0 aliphatic carbocycles. The maximum absolute atomic E-state index is 11.9. The van der Waals surface area contributed by atoms with Crippen LogP contribution in [0.2, 0.25) is 0 Å². The molecule has 0 unspecified atom stereocenters. The third-order valence-corrected chi connectivity index (χ3v) is 4.14. The van der Waals surface area contributed by atoms with Crippen LogP contribution in [-0.2, 0) is 16.1 Å². The van der Waals surface area contributed by atoms with Crippen molar-refractivity contribution in [2.24, 2.45) is 0 Å². The minimum atomic E-state index is -0.420. The van der Waals surface area contributed by atoms with Gasteiger partial charge in [-0.05, 0) is 12.1 Å². The number of quaternary nitrogens is 1. The summed E-state index contributed by atoms with van der Waals surface area (Å²) in [5.74, 6) is -0.466. The van der Waals surface area contributed by atoms with Gasteiger partial charge >= 0.3 is 5.76 Å². The average molecular weight is 320 g/mol. The summed E-state index contributed by atoms with van der Waals surface area (Å²) >= 11 is 0. The number of hydrogen-bond acceptors (Lipinski definition) is 4. The molecule has 2 N–H and O–H groups in total. The Morgan fingerprint density at radius 1 is 1.26 bits per heavy atom. The second-order valence-corrected chi connectivity index (χ2v) is 5.70. The van der Waals surface area contributed by atoms with Crippen LogP contribution in [0, 0.1) is 0 Å². The first kappa shape index (κ1) is 15.8. The number of oxazole rings is 1. The van der Waals surface area contributed by atoms with E-state index in [9.17, 15) is 9.59 Å². The quantitative estimate of drug-likeness (QED) is 0.717. The summed E-state index contributed by atoms with van der Waals surface area (Å²) in [6, 6.07) is 7.23. The lowest BCUT2D eigenvalue weighted by atomic mass is 10.3. The number of benzene rings is 1. The second-order valence-electron chi connectivity index (χ2n) is 5.70. The third-order valence-electron chi connectivity index (χ3n) is 4.14. The van der Waals surface area contributed by atoms with Crippen molar-refractivity contribution >= 4 is 17.0 Å². The minimum Gasteiger partial charge on any atom is -0.408 e. The monoisotopic (exact) mass is 320 g/mol. The zero-order valence-corrected chi connectivity index (χ0v) is 13.0. The number of aryl methyl sites for hydroxylation is 1. The number of carbonyl (C=O) groups is 1. The number of para-hydroxylation sites is 2. The van der Waals surface area contributed by atoms with Gasteiger partial charge in [-0.15, -0.1) is 0 Å². The van der Waals surface area contributed by atoms with Crippen LogP contribution in [0.4, 0.5) is 0 Å². The van der Waals surface area contributed by atoms with Crippen LogP contribution < -0.4 is 16.0 Å². The van der Waals surface area contributed by atoms with Crippen molar-refractivity contribution in [3.05, 3.63) is 34.8 Å². The van der Waals surface area contributed by atoms with Gasteiger partial charge in [-0.2, -0.15) is 0 Å². The normalized spacial score (nSPS) is 15.8. The summed E-state index contributed by atoms with van der Waals surface area (Å²) in [6.45, 7) is 5.45. The number of carbonyl (C=O) groups excluding carboxylic acids is 1. The van der Waals surface area contributed by atoms with Gasteiger partial charge in [-0.3, -0.25) is 9.36 Å². The average Bonchev–Trinajstić information content (AvgIpc) is 2.89. The topological polar surface area (TPSA) is 77.9 Å². The van der Waals surface area contributed by atoms with Crippen molar-refractivity contribution in [1.82, 2.24) is 9.88 Å². The number of rotatable bonds is 6. The molecule has 23 heavy (non-hydrogen) atoms. The summed E-state index contributed by atoms with van der Waals surface area (Å²) in [4.78, 5) is 25.2. The Morgan fingerprint density at radius 3 is 2.87 bits per heavy atom. The van der Waals surface area contributed by atoms with Crippen LogP contribution in [0.25, 0.3) is 11.1 Å². The summed E-state index contributed by atoms with van der Waals surface area (Å²) in [5.41, 5.74) is 1.27. The molecule has 7 nitrogen and oxygen atoms in total. The van der Waals surface area contributed by atoms with E-state index < -0.39 is 5.76 Å². The largest absolute Gasteiger partial charge is 0.419 e. The highest BCUT2D eigenvalue weighted by Crippen LogP contribution is 2.11. The minimum absolute atomic E-state index is 0.0464. The molecule has 0 atom stereocenters. The Balaban J connectivity index is 1.46. The Labute approximate surface area is 133 Å². The Morgan fingerprint density at radius 2 is 2.04 bits per heavy atom. The fraction of sp³-hybridized carbons (Fsp3) is 0.500. The molecule has 1 aromatic heterocycles. The summed E-state index contributed by atoms with van der Waals surface area (Å²) in [5, 5.41) is 2.91. The van der Waals surface area contributed by atoms with Crippen LogP contribution in [-0.4, -0.2) is 49.9 Å². The van der Waals surface area contributed by atoms with Crippen LogP contribution in [0.3, 0.4) is 0 Å². The van der Waals surface area contributed by atoms with Crippen molar-refractivity contribution in [3.63, 3.8) is 0 Å². The standard InChI is InChI=1S/C16H21N3O4/c20-15(17-6-8-18-9-11-22-12-10-18)5-7-19-13-3-1-2-4-14(13)23-16(19)21/h1-4H,5-12H2,(H,17,20)/p+1. The van der Waals surface area contributed by atoms with Crippen molar-refractivity contribution in [1.29, 1.82) is 0 Å². The van der Waals surface area contributed by atoms with Gasteiger partial charge in [-0.1, -0.05) is 12.1 Å². The summed E-state index contributed by atoms with van der Waals surface area (Å²) < 4.78 is 12.0. The number of amides is 1. The zero-order chi connectivity index (χ0) is 16.1. The molecule has 1 aromatic carbocycles. The van der Waals surface area contributed by atoms with Crippen LogP contribution in [0.5, 0.6) is 0 Å². The van der Waals surface area contributed by atoms with E-state index in [1.165, 1.54) is 9.47 Å². The van der Waals surface area contributed by atoms with Crippen LogP contribution >= 0.6 is 0 Å². The highest BCUT2D eigenvalue weighted by atomic mass is 16.5. The van der Waals surface area contributed by atoms with E-state index in [1.54, 1.807) is 6.07 Å². The number of aromatic nitrogens is 1. The molecule has 1 aliphatic rings. The van der Waals surface area contributed by atoms with Gasteiger partial charge in [0.05, 0.1) is 31.8 Å². The fourth-order valence-corrected chi connectivity index (χ4v) is 2.82. The van der Waals surface area contributed by atoms with E-state index in [-0.39, 0.29) is 12.3 Å². The molecule has 0 bridgehead atoms. The Kier molecular flexibility index (Phi) is 5.09. The van der Waals surface area contributed by atoms with Gasteiger partial charge in [0.15, 0.2) is 5.58 Å². The molecule has 1 aliphatic heterocycles. The first-order chi connectivity index (χ1) is 11.2. The molecule has 0 radical (unpaired) electrons. The molecule has 1 saturated heterocycles. The molecule has 7 heteroatoms. The molecule has 0 spiro atoms. The lowest BCUT2D eigenvalue weighted by molar-refractivity contribution is -0.906. The van der Waals surface area contributed by atoms with E-state index in [4.69, 9.17) is 9.15 Å². The lowest BCUT2D eigenvalue weighted by Crippen LogP contribution is -3.14. The van der Waals surface area contributed by atoms with E-state index in [1.807, 2.05) is 18.2 Å². The van der Waals surface area contributed by atoms with Crippen LogP contribution in [0.1, 0.15) is 6.42 Å². The molecular weight excluding hydrogens is 298 g/mol. The number of hydrogen-bond donors (Lipinski definition) is 2. The van der Waals surface area contributed by atoms with Gasteiger partial charge in [0, 0.05) is 13.0 Å². The van der Waals surface area contributed by atoms with Crippen molar-refractivity contribution in [2.45, 2.75) is 13.0 Å². The molecule has 1 amide bonds. The highest BCUT2D eigenvalue weighted by Gasteiger charge is 2.14. The van der Waals surface area contributed by atoms with E-state index in [0.29, 0.717) is 18.7 Å². The third kappa shape index (κ3) is 4.00. The van der Waals surface area contributed by atoms with Gasteiger partial charge in [-0.25, -0.2) is 4.79 Å². The number of nitrogens with one attached hydrogen (secondary N) is 2. The fourth-order valence-electron chi connectivity index (χ4n) is 2.82. The number of morpholine rings is 1. The van der Waals surface area contributed by atoms with Crippen molar-refractivity contribution < 1.29 is 18.8 Å². The first-order valence-electron chi connectivity index (χ1n) is 8.00. The lowest BCUT2D eigenvalue weighted by Gasteiger charge is -2.23. The first-order valence-corrected chi connectivity index (χ1v) is 8.00. The van der Waals surface area contributed by atoms with Crippen molar-refractivity contribution in [3.8, 4) is 0 Å². The highest BCUT2D eigenvalue weighted by molar-refractivity contribution is 5.76.